The summed E-state index contributed by atoms with van der Waals surface area (Å²) in [5.41, 5.74) is 0. The van der Waals surface area contributed by atoms with Gasteiger partial charge in [0.25, 0.3) is 0 Å². The van der Waals surface area contributed by atoms with E-state index in [4.69, 9.17) is 5.21 Å². The quantitative estimate of drug-likeness (QED) is 0.358. The Morgan fingerprint density at radius 1 is 1.67 bits per heavy atom. The lowest BCUT2D eigenvalue weighted by atomic mass is 10.1. The topological polar surface area (TPSA) is 58.7 Å². The van der Waals surface area contributed by atoms with Crippen LogP contribution in [0.3, 0.4) is 0 Å². The molecule has 4 heteroatoms. The number of rotatable bonds is 3. The van der Waals surface area contributed by atoms with Crippen LogP contribution in [-0.4, -0.2) is 16.6 Å². The van der Waals surface area contributed by atoms with E-state index in [1.165, 1.54) is 0 Å². The van der Waals surface area contributed by atoms with E-state index in [9.17, 15) is 5.21 Å². The van der Waals surface area contributed by atoms with E-state index in [1.807, 2.05) is 13.8 Å². The Kier molecular flexibility index (Phi) is 3.75. The third-order valence-corrected chi connectivity index (χ3v) is 0.997. The summed E-state index contributed by atoms with van der Waals surface area (Å²) >= 11 is 0. The first-order valence-corrected chi connectivity index (χ1v) is 2.96. The Balaban J connectivity index is 3.28. The Labute approximate surface area is 54.4 Å². The van der Waals surface area contributed by atoms with Gasteiger partial charge in [-0.1, -0.05) is 18.7 Å². The summed E-state index contributed by atoms with van der Waals surface area (Å²) < 4.78 is 0. The van der Waals surface area contributed by atoms with Crippen LogP contribution in [0.2, 0.25) is 0 Å². The third-order valence-electron chi connectivity index (χ3n) is 0.997. The molecule has 0 aromatic rings. The fourth-order valence-corrected chi connectivity index (χ4v) is 0.413. The molecule has 0 amide bonds. The Morgan fingerprint density at radius 2 is 2.22 bits per heavy atom. The maximum atomic E-state index is 10.2. The summed E-state index contributed by atoms with van der Waals surface area (Å²) in [7, 11) is 0. The highest BCUT2D eigenvalue weighted by atomic mass is 16.6. The van der Waals surface area contributed by atoms with Crippen molar-refractivity contribution >= 4 is 0 Å². The van der Waals surface area contributed by atoms with Gasteiger partial charge in [0.2, 0.25) is 0 Å². The van der Waals surface area contributed by atoms with Gasteiger partial charge in [-0.25, -0.2) is 0 Å². The predicted molar refractivity (Wildman–Crippen MR) is 32.2 cm³/mol. The number of hydrogen-bond acceptors (Lipinski definition) is 2. The van der Waals surface area contributed by atoms with Crippen molar-refractivity contribution in [3.05, 3.63) is 5.21 Å². The van der Waals surface area contributed by atoms with Crippen LogP contribution in [0, 0.1) is 11.1 Å². The zero-order chi connectivity index (χ0) is 7.28. The van der Waals surface area contributed by atoms with Crippen LogP contribution in [0.1, 0.15) is 20.3 Å². The van der Waals surface area contributed by atoms with Gasteiger partial charge in [0, 0.05) is 6.42 Å². The molecule has 0 unspecified atom stereocenters. The zero-order valence-electron chi connectivity index (χ0n) is 5.74. The van der Waals surface area contributed by atoms with Gasteiger partial charge in [-0.15, -0.1) is 0 Å². The van der Waals surface area contributed by atoms with Crippen molar-refractivity contribution in [2.45, 2.75) is 20.3 Å². The summed E-state index contributed by atoms with van der Waals surface area (Å²) in [5, 5.41) is 20.5. The molecule has 0 heterocycles. The van der Waals surface area contributed by atoms with Crippen LogP contribution in [-0.2, 0) is 0 Å². The molecule has 0 aliphatic heterocycles. The summed E-state index contributed by atoms with van der Waals surface area (Å²) in [6.45, 7) is 4.28. The van der Waals surface area contributed by atoms with Crippen molar-refractivity contribution in [2.24, 2.45) is 11.2 Å². The van der Waals surface area contributed by atoms with E-state index >= 15 is 0 Å². The standard InChI is InChI=1S/C5H12N2O2/c1-5(2)3-4-7(9)6-8/h5,8H,3-4H2,1-2H3. The van der Waals surface area contributed by atoms with Gasteiger partial charge in [-0.2, -0.15) is 0 Å². The molecule has 0 atom stereocenters. The molecule has 0 aliphatic carbocycles. The van der Waals surface area contributed by atoms with Crippen molar-refractivity contribution in [3.63, 3.8) is 0 Å². The molecule has 0 aliphatic rings. The van der Waals surface area contributed by atoms with Crippen LogP contribution in [0.4, 0.5) is 0 Å². The average Bonchev–Trinajstić information content (AvgIpc) is 1.83. The fourth-order valence-electron chi connectivity index (χ4n) is 0.413. The van der Waals surface area contributed by atoms with E-state index < -0.39 is 0 Å². The van der Waals surface area contributed by atoms with Crippen molar-refractivity contribution in [1.29, 1.82) is 0 Å². The van der Waals surface area contributed by atoms with Crippen molar-refractivity contribution in [2.75, 3.05) is 6.54 Å². The fraction of sp³-hybridized carbons (Fsp3) is 1.00. The zero-order valence-corrected chi connectivity index (χ0v) is 5.74. The van der Waals surface area contributed by atoms with Gasteiger partial charge >= 0.3 is 0 Å². The van der Waals surface area contributed by atoms with E-state index in [0.717, 1.165) is 6.42 Å². The average molecular weight is 132 g/mol. The molecule has 4 nitrogen and oxygen atoms in total. The van der Waals surface area contributed by atoms with Crippen LogP contribution in [0.15, 0.2) is 5.28 Å². The van der Waals surface area contributed by atoms with E-state index in [0.29, 0.717) is 5.92 Å². The summed E-state index contributed by atoms with van der Waals surface area (Å²) in [6.07, 6.45) is 0.758. The molecule has 0 saturated carbocycles. The van der Waals surface area contributed by atoms with Gasteiger partial charge in [0.1, 0.15) is 0 Å². The monoisotopic (exact) mass is 132 g/mol. The molecule has 0 bridgehead atoms. The van der Waals surface area contributed by atoms with Crippen molar-refractivity contribution < 1.29 is 10.1 Å². The largest absolute Gasteiger partial charge is 0.597 e. The van der Waals surface area contributed by atoms with Crippen molar-refractivity contribution in [1.82, 2.24) is 0 Å². The minimum absolute atomic E-state index is 0.272. The smallest absolute Gasteiger partial charge is 0.197 e. The molecular formula is C5H12N2O2. The van der Waals surface area contributed by atoms with Crippen molar-refractivity contribution in [3.8, 4) is 0 Å². The second kappa shape index (κ2) is 4.12. The molecule has 0 spiro atoms. The second-order valence-electron chi connectivity index (χ2n) is 2.35. The number of hydroxylamine groups is 1. The second-order valence-corrected chi connectivity index (χ2v) is 2.35. The molecule has 54 valence electrons. The Hall–Kier alpha value is -0.800. The molecule has 0 fully saturated rings. The first-order chi connectivity index (χ1) is 4.16. The predicted octanol–water partition coefficient (Wildman–Crippen LogP) is 1.38. The minimum atomic E-state index is 0.272. The normalized spacial score (nSPS) is 12.6. The highest BCUT2D eigenvalue weighted by molar-refractivity contribution is 4.39. The van der Waals surface area contributed by atoms with Crippen LogP contribution in [0.25, 0.3) is 0 Å². The van der Waals surface area contributed by atoms with Crippen LogP contribution in [0.5, 0.6) is 0 Å². The van der Waals surface area contributed by atoms with Crippen LogP contribution < -0.4 is 0 Å². The van der Waals surface area contributed by atoms with Gasteiger partial charge in [0.05, 0.1) is 0 Å². The van der Waals surface area contributed by atoms with Gasteiger partial charge in [0.15, 0.2) is 11.8 Å². The summed E-state index contributed by atoms with van der Waals surface area (Å²) in [5.74, 6) is 0.475. The minimum Gasteiger partial charge on any atom is -0.597 e. The molecule has 0 aromatic carbocycles. The molecule has 1 N–H and O–H groups in total. The number of nitrogens with zero attached hydrogens (tertiary/aromatic N) is 2. The lowest BCUT2D eigenvalue weighted by Crippen LogP contribution is -2.05. The summed E-state index contributed by atoms with van der Waals surface area (Å²) in [6, 6.07) is 0. The molecule has 0 saturated heterocycles. The lowest BCUT2D eigenvalue weighted by molar-refractivity contribution is -0.556. The number of hydrogen-bond donors (Lipinski definition) is 1. The SMILES string of the molecule is CC(C)CC[N+]([O-])=NO. The maximum absolute atomic E-state index is 10.2. The Morgan fingerprint density at radius 3 is 2.56 bits per heavy atom. The molecule has 0 radical (unpaired) electrons. The first kappa shape index (κ1) is 8.20. The lowest BCUT2D eigenvalue weighted by Gasteiger charge is -2.00. The van der Waals surface area contributed by atoms with E-state index in [2.05, 4.69) is 5.28 Å². The van der Waals surface area contributed by atoms with Gasteiger partial charge in [-0.3, -0.25) is 0 Å². The van der Waals surface area contributed by atoms with Gasteiger partial charge in [-0.05, 0) is 5.92 Å². The first-order valence-electron chi connectivity index (χ1n) is 2.96. The van der Waals surface area contributed by atoms with Crippen LogP contribution >= 0.6 is 0 Å². The third kappa shape index (κ3) is 5.06. The molecule has 9 heavy (non-hydrogen) atoms. The van der Waals surface area contributed by atoms with E-state index in [-0.39, 0.29) is 11.4 Å². The highest BCUT2D eigenvalue weighted by Crippen LogP contribution is 1.97. The van der Waals surface area contributed by atoms with E-state index in [1.54, 1.807) is 0 Å². The Bertz CT molecular complexity index is 101. The molecule has 0 rings (SSSR count). The summed E-state index contributed by atoms with van der Waals surface area (Å²) in [4.78, 5) is 0.278. The maximum Gasteiger partial charge on any atom is 0.197 e. The molecular weight excluding hydrogens is 120 g/mol. The highest BCUT2D eigenvalue weighted by Gasteiger charge is 1.98. The molecule has 0 aromatic heterocycles. The van der Waals surface area contributed by atoms with Gasteiger partial charge < -0.3 is 10.4 Å².